The van der Waals surface area contributed by atoms with Gasteiger partial charge < -0.3 is 15.1 Å². The van der Waals surface area contributed by atoms with E-state index in [4.69, 9.17) is 0 Å². The number of hydrogen-bond acceptors (Lipinski definition) is 5. The number of benzene rings is 2. The molecule has 7 rings (SSSR count). The van der Waals surface area contributed by atoms with Crippen molar-refractivity contribution in [3.8, 4) is 0 Å². The van der Waals surface area contributed by atoms with E-state index in [1.165, 1.54) is 56.4 Å². The molecule has 2 amide bonds. The van der Waals surface area contributed by atoms with Crippen molar-refractivity contribution in [1.82, 2.24) is 10.2 Å². The summed E-state index contributed by atoms with van der Waals surface area (Å²) in [7, 11) is 0. The molecule has 0 aromatic heterocycles. The Balaban J connectivity index is 1.13. The Labute approximate surface area is 215 Å². The zero-order valence-electron chi connectivity index (χ0n) is 20.6. The summed E-state index contributed by atoms with van der Waals surface area (Å²) in [5.74, 6) is 1.71. The third-order valence-corrected chi connectivity index (χ3v) is 8.94. The van der Waals surface area contributed by atoms with Crippen molar-refractivity contribution >= 4 is 23.2 Å². The minimum Gasteiger partial charge on any atom is -0.362 e. The van der Waals surface area contributed by atoms with Crippen LogP contribution in [-0.4, -0.2) is 53.9 Å². The fourth-order valence-electron chi connectivity index (χ4n) is 7.43. The van der Waals surface area contributed by atoms with Crippen molar-refractivity contribution in [2.75, 3.05) is 31.1 Å². The summed E-state index contributed by atoms with van der Waals surface area (Å²) in [6, 6.07) is 10.4. The Bertz CT molecular complexity index is 1210. The Hall–Kier alpha value is -3.49. The smallest absolute Gasteiger partial charge is 0.293 e. The summed E-state index contributed by atoms with van der Waals surface area (Å²) in [4.78, 5) is 40.9. The molecule has 5 aliphatic rings. The van der Waals surface area contributed by atoms with Gasteiger partial charge in [0.1, 0.15) is 11.5 Å². The zero-order valence-corrected chi connectivity index (χ0v) is 20.6. The number of hydrogen-bond donors (Lipinski definition) is 1. The van der Waals surface area contributed by atoms with Crippen LogP contribution in [0.5, 0.6) is 0 Å². The molecule has 0 radical (unpaired) electrons. The van der Waals surface area contributed by atoms with Crippen LogP contribution < -0.4 is 10.2 Å². The third-order valence-electron chi connectivity index (χ3n) is 8.94. The van der Waals surface area contributed by atoms with Gasteiger partial charge in [0.05, 0.1) is 4.92 Å². The second-order valence-electron chi connectivity index (χ2n) is 11.2. The number of halogens is 1. The Morgan fingerprint density at radius 2 is 1.57 bits per heavy atom. The molecule has 8 nitrogen and oxygen atoms in total. The number of nitro groups is 1. The quantitative estimate of drug-likeness (QED) is 0.483. The Morgan fingerprint density at radius 1 is 0.892 bits per heavy atom. The topological polar surface area (TPSA) is 95.8 Å². The van der Waals surface area contributed by atoms with Gasteiger partial charge in [0, 0.05) is 49.4 Å². The first kappa shape index (κ1) is 23.9. The lowest BCUT2D eigenvalue weighted by Crippen LogP contribution is -2.55. The molecule has 194 valence electrons. The molecule has 2 aromatic rings. The van der Waals surface area contributed by atoms with E-state index >= 15 is 0 Å². The lowest BCUT2D eigenvalue weighted by atomic mass is 9.54. The summed E-state index contributed by atoms with van der Waals surface area (Å²) in [5.41, 5.74) is 0.926. The van der Waals surface area contributed by atoms with Crippen molar-refractivity contribution in [3.63, 3.8) is 0 Å². The molecule has 1 heterocycles. The Kier molecular flexibility index (Phi) is 6.09. The predicted octanol–water partition coefficient (Wildman–Crippen LogP) is 4.25. The van der Waals surface area contributed by atoms with Gasteiger partial charge in [-0.05, 0) is 86.1 Å². The van der Waals surface area contributed by atoms with E-state index in [-0.39, 0.29) is 29.1 Å². The number of piperazine rings is 1. The van der Waals surface area contributed by atoms with E-state index < -0.39 is 10.7 Å². The molecule has 37 heavy (non-hydrogen) atoms. The van der Waals surface area contributed by atoms with E-state index in [0.29, 0.717) is 49.3 Å². The van der Waals surface area contributed by atoms with Crippen LogP contribution in [0.15, 0.2) is 42.5 Å². The van der Waals surface area contributed by atoms with Crippen molar-refractivity contribution < 1.29 is 18.9 Å². The molecule has 4 saturated carbocycles. The molecule has 1 saturated heterocycles. The number of nitrogens with zero attached hydrogens (tertiary/aromatic N) is 3. The van der Waals surface area contributed by atoms with E-state index in [2.05, 4.69) is 5.32 Å². The van der Waals surface area contributed by atoms with Crippen LogP contribution in [0.3, 0.4) is 0 Å². The molecule has 0 unspecified atom stereocenters. The lowest BCUT2D eigenvalue weighted by molar-refractivity contribution is -0.384. The molecule has 0 atom stereocenters. The Morgan fingerprint density at radius 3 is 2.19 bits per heavy atom. The second kappa shape index (κ2) is 9.43. The number of nitrogens with one attached hydrogen (secondary N) is 1. The first-order valence-electron chi connectivity index (χ1n) is 13.2. The highest BCUT2D eigenvalue weighted by Gasteiger charge is 2.48. The molecule has 1 N–H and O–H groups in total. The number of amides is 2. The highest BCUT2D eigenvalue weighted by Crippen LogP contribution is 2.53. The third kappa shape index (κ3) is 4.55. The molecule has 4 bridgehead atoms. The van der Waals surface area contributed by atoms with Crippen LogP contribution in [0.2, 0.25) is 0 Å². The van der Waals surface area contributed by atoms with Crippen LogP contribution in [0, 0.1) is 39.6 Å². The molecule has 4 aliphatic carbocycles. The summed E-state index contributed by atoms with van der Waals surface area (Å²) in [6.45, 7) is 1.53. The van der Waals surface area contributed by atoms with Gasteiger partial charge >= 0.3 is 0 Å². The van der Waals surface area contributed by atoms with Crippen molar-refractivity contribution in [2.24, 2.45) is 23.7 Å². The average Bonchev–Trinajstić information content (AvgIpc) is 2.89. The largest absolute Gasteiger partial charge is 0.362 e. The van der Waals surface area contributed by atoms with Gasteiger partial charge in [-0.15, -0.1) is 0 Å². The van der Waals surface area contributed by atoms with Gasteiger partial charge in [-0.2, -0.15) is 0 Å². The molecular formula is C28H31FN4O4. The van der Waals surface area contributed by atoms with Gasteiger partial charge in [-0.3, -0.25) is 19.7 Å². The first-order valence-corrected chi connectivity index (χ1v) is 13.2. The SMILES string of the molecule is O=C(NC1C2CC3CC(C2)CC1C3)c1ccc(N2CCN(C(=O)c3cccc(F)c3)CC2)c([N+](=O)[O-])c1. The van der Waals surface area contributed by atoms with Crippen LogP contribution >= 0.6 is 0 Å². The van der Waals surface area contributed by atoms with Gasteiger partial charge in [0.2, 0.25) is 0 Å². The van der Waals surface area contributed by atoms with E-state index in [1.54, 1.807) is 23.1 Å². The van der Waals surface area contributed by atoms with Crippen molar-refractivity contribution in [3.05, 3.63) is 69.5 Å². The summed E-state index contributed by atoms with van der Waals surface area (Å²) < 4.78 is 13.5. The number of carbonyl (C=O) groups is 2. The first-order chi connectivity index (χ1) is 17.9. The zero-order chi connectivity index (χ0) is 25.7. The van der Waals surface area contributed by atoms with E-state index in [1.807, 2.05) is 4.90 Å². The van der Waals surface area contributed by atoms with E-state index in [0.717, 1.165) is 11.8 Å². The van der Waals surface area contributed by atoms with Gasteiger partial charge in [-0.25, -0.2) is 4.39 Å². The van der Waals surface area contributed by atoms with Gasteiger partial charge in [-0.1, -0.05) is 6.07 Å². The maximum absolute atomic E-state index is 13.5. The fraction of sp³-hybridized carbons (Fsp3) is 0.500. The van der Waals surface area contributed by atoms with Gasteiger partial charge in [0.25, 0.3) is 17.5 Å². The second-order valence-corrected chi connectivity index (χ2v) is 11.2. The fourth-order valence-corrected chi connectivity index (χ4v) is 7.43. The number of nitro benzene ring substituents is 1. The van der Waals surface area contributed by atoms with Crippen LogP contribution in [0.25, 0.3) is 0 Å². The van der Waals surface area contributed by atoms with Crippen LogP contribution in [0.1, 0.15) is 52.8 Å². The molecule has 2 aromatic carbocycles. The maximum atomic E-state index is 13.5. The minimum atomic E-state index is -0.465. The summed E-state index contributed by atoms with van der Waals surface area (Å²) in [6.07, 6.45) is 6.08. The molecule has 1 aliphatic heterocycles. The standard InChI is InChI=1S/C28H31FN4O4/c29-23-3-1-2-20(15-23)28(35)32-8-6-31(7-9-32)24-5-4-19(16-25(24)33(36)37)27(34)30-26-21-11-17-10-18(13-21)14-22(26)12-17/h1-5,15-18,21-22,26H,6-14H2,(H,30,34). The average molecular weight is 507 g/mol. The highest BCUT2D eigenvalue weighted by molar-refractivity contribution is 5.96. The van der Waals surface area contributed by atoms with Crippen molar-refractivity contribution in [1.29, 1.82) is 0 Å². The van der Waals surface area contributed by atoms with Gasteiger partial charge in [0.15, 0.2) is 0 Å². The van der Waals surface area contributed by atoms with Crippen LogP contribution in [-0.2, 0) is 0 Å². The molecule has 5 fully saturated rings. The minimum absolute atomic E-state index is 0.109. The van der Waals surface area contributed by atoms with Crippen LogP contribution in [0.4, 0.5) is 15.8 Å². The molecular weight excluding hydrogens is 475 g/mol. The molecule has 9 heteroatoms. The summed E-state index contributed by atoms with van der Waals surface area (Å²) in [5, 5.41) is 15.2. The monoisotopic (exact) mass is 506 g/mol. The lowest BCUT2D eigenvalue weighted by Gasteiger charge is -2.54. The number of anilines is 1. The predicted molar refractivity (Wildman–Crippen MR) is 136 cm³/mol. The normalized spacial score (nSPS) is 28.3. The highest BCUT2D eigenvalue weighted by atomic mass is 19.1. The van der Waals surface area contributed by atoms with Crippen molar-refractivity contribution in [2.45, 2.75) is 38.1 Å². The van der Waals surface area contributed by atoms with E-state index in [9.17, 15) is 24.1 Å². The molecule has 0 spiro atoms. The number of rotatable bonds is 5. The maximum Gasteiger partial charge on any atom is 0.293 e. The number of carbonyl (C=O) groups excluding carboxylic acids is 2. The summed E-state index contributed by atoms with van der Waals surface area (Å²) >= 11 is 0.